The molecule has 0 heterocycles. The summed E-state index contributed by atoms with van der Waals surface area (Å²) in [5.74, 6) is 2.90. The summed E-state index contributed by atoms with van der Waals surface area (Å²) in [5, 5.41) is 4.49. The Balaban J connectivity index is 1.87. The van der Waals surface area contributed by atoms with Crippen molar-refractivity contribution in [3.8, 4) is 0 Å². The van der Waals surface area contributed by atoms with Gasteiger partial charge in [-0.1, -0.05) is 51.1 Å². The van der Waals surface area contributed by atoms with Crippen LogP contribution in [-0.4, -0.2) is 23.6 Å². The first-order chi connectivity index (χ1) is 9.26. The van der Waals surface area contributed by atoms with E-state index in [1.54, 1.807) is 0 Å². The predicted octanol–water partition coefficient (Wildman–Crippen LogP) is 4.30. The topological polar surface area (TPSA) is 12.0 Å². The van der Waals surface area contributed by atoms with E-state index in [9.17, 15) is 0 Å². The van der Waals surface area contributed by atoms with Crippen molar-refractivity contribution in [3.05, 3.63) is 35.9 Å². The lowest BCUT2D eigenvalue weighted by Gasteiger charge is -2.19. The summed E-state index contributed by atoms with van der Waals surface area (Å²) >= 11 is 2.13. The molecule has 0 saturated heterocycles. The van der Waals surface area contributed by atoms with E-state index in [0.29, 0.717) is 6.04 Å². The van der Waals surface area contributed by atoms with Crippen molar-refractivity contribution in [2.45, 2.75) is 50.8 Å². The van der Waals surface area contributed by atoms with E-state index in [0.717, 1.165) is 23.6 Å². The van der Waals surface area contributed by atoms with Crippen molar-refractivity contribution in [1.82, 2.24) is 5.32 Å². The van der Waals surface area contributed by atoms with Crippen LogP contribution in [0.25, 0.3) is 0 Å². The van der Waals surface area contributed by atoms with Gasteiger partial charge in [0.05, 0.1) is 0 Å². The lowest BCUT2D eigenvalue weighted by molar-refractivity contribution is 0.509. The highest BCUT2D eigenvalue weighted by Crippen LogP contribution is 2.50. The third-order valence-corrected chi connectivity index (χ3v) is 5.64. The molecule has 0 spiro atoms. The Morgan fingerprint density at radius 1 is 1.26 bits per heavy atom. The third kappa shape index (κ3) is 4.25. The molecular weight excluding hydrogens is 250 g/mol. The molecule has 2 heteroatoms. The summed E-state index contributed by atoms with van der Waals surface area (Å²) in [7, 11) is 0. The van der Waals surface area contributed by atoms with E-state index in [2.05, 4.69) is 68.2 Å². The predicted molar refractivity (Wildman–Crippen MR) is 87.0 cm³/mol. The normalized spacial score (nSPS) is 25.0. The SMILES string of the molecule is CCNC(CSC(C)CC)C1CC1c1ccccc1. The summed E-state index contributed by atoms with van der Waals surface area (Å²) in [4.78, 5) is 0. The average molecular weight is 277 g/mol. The van der Waals surface area contributed by atoms with Gasteiger partial charge in [-0.25, -0.2) is 0 Å². The zero-order valence-corrected chi connectivity index (χ0v) is 13.2. The van der Waals surface area contributed by atoms with Gasteiger partial charge in [-0.3, -0.25) is 0 Å². The summed E-state index contributed by atoms with van der Waals surface area (Å²) < 4.78 is 0. The smallest absolute Gasteiger partial charge is 0.0192 e. The summed E-state index contributed by atoms with van der Waals surface area (Å²) in [5.41, 5.74) is 1.53. The molecule has 19 heavy (non-hydrogen) atoms. The quantitative estimate of drug-likeness (QED) is 0.760. The van der Waals surface area contributed by atoms with E-state index in [1.807, 2.05) is 0 Å². The van der Waals surface area contributed by atoms with Crippen molar-refractivity contribution < 1.29 is 0 Å². The number of thioether (sulfide) groups is 1. The molecule has 1 N–H and O–H groups in total. The maximum atomic E-state index is 3.70. The number of hydrogen-bond acceptors (Lipinski definition) is 2. The van der Waals surface area contributed by atoms with Gasteiger partial charge in [0.1, 0.15) is 0 Å². The molecule has 1 aromatic rings. The number of hydrogen-bond donors (Lipinski definition) is 1. The highest BCUT2D eigenvalue weighted by molar-refractivity contribution is 7.99. The lowest BCUT2D eigenvalue weighted by Crippen LogP contribution is -2.34. The van der Waals surface area contributed by atoms with Gasteiger partial charge in [-0.2, -0.15) is 11.8 Å². The first kappa shape index (κ1) is 14.9. The minimum atomic E-state index is 0.689. The monoisotopic (exact) mass is 277 g/mol. The van der Waals surface area contributed by atoms with Crippen LogP contribution in [0.1, 0.15) is 45.1 Å². The molecule has 0 aliphatic heterocycles. The molecule has 4 atom stereocenters. The zero-order valence-electron chi connectivity index (χ0n) is 12.4. The third-order valence-electron chi connectivity index (χ3n) is 4.19. The minimum Gasteiger partial charge on any atom is -0.313 e. The van der Waals surface area contributed by atoms with Gasteiger partial charge in [-0.05, 0) is 36.8 Å². The first-order valence-corrected chi connectivity index (χ1v) is 8.71. The van der Waals surface area contributed by atoms with Crippen molar-refractivity contribution in [2.24, 2.45) is 5.92 Å². The fourth-order valence-corrected chi connectivity index (χ4v) is 3.86. The highest BCUT2D eigenvalue weighted by Gasteiger charge is 2.43. The Hall–Kier alpha value is -0.470. The van der Waals surface area contributed by atoms with Crippen molar-refractivity contribution in [2.75, 3.05) is 12.3 Å². The Kier molecular flexibility index (Phi) is 5.77. The van der Waals surface area contributed by atoms with Gasteiger partial charge in [0.2, 0.25) is 0 Å². The summed E-state index contributed by atoms with van der Waals surface area (Å²) in [6.45, 7) is 7.93. The Morgan fingerprint density at radius 2 is 2.00 bits per heavy atom. The molecule has 2 rings (SSSR count). The van der Waals surface area contributed by atoms with Crippen LogP contribution in [0.3, 0.4) is 0 Å². The van der Waals surface area contributed by atoms with Crippen LogP contribution < -0.4 is 5.32 Å². The van der Waals surface area contributed by atoms with Crippen molar-refractivity contribution >= 4 is 11.8 Å². The van der Waals surface area contributed by atoms with Crippen LogP contribution >= 0.6 is 11.8 Å². The van der Waals surface area contributed by atoms with Gasteiger partial charge in [0.15, 0.2) is 0 Å². The molecule has 4 unspecified atom stereocenters. The molecule has 0 radical (unpaired) electrons. The summed E-state index contributed by atoms with van der Waals surface area (Å²) in [6, 6.07) is 11.7. The molecular formula is C17H27NS. The molecule has 1 nitrogen and oxygen atoms in total. The molecule has 1 aliphatic carbocycles. The van der Waals surface area contributed by atoms with Crippen LogP contribution in [0.4, 0.5) is 0 Å². The van der Waals surface area contributed by atoms with Crippen LogP contribution in [0.2, 0.25) is 0 Å². The van der Waals surface area contributed by atoms with Crippen LogP contribution in [0.5, 0.6) is 0 Å². The number of benzene rings is 1. The van der Waals surface area contributed by atoms with Crippen LogP contribution in [-0.2, 0) is 0 Å². The van der Waals surface area contributed by atoms with E-state index in [4.69, 9.17) is 0 Å². The molecule has 106 valence electrons. The Labute approximate surface area is 122 Å². The van der Waals surface area contributed by atoms with Crippen molar-refractivity contribution in [3.63, 3.8) is 0 Å². The molecule has 1 saturated carbocycles. The van der Waals surface area contributed by atoms with Crippen molar-refractivity contribution in [1.29, 1.82) is 0 Å². The first-order valence-electron chi connectivity index (χ1n) is 7.66. The van der Waals surface area contributed by atoms with Gasteiger partial charge in [-0.15, -0.1) is 0 Å². The van der Waals surface area contributed by atoms with Crippen LogP contribution in [0.15, 0.2) is 30.3 Å². The fourth-order valence-electron chi connectivity index (χ4n) is 2.72. The lowest BCUT2D eigenvalue weighted by atomic mass is 10.1. The van der Waals surface area contributed by atoms with E-state index >= 15 is 0 Å². The maximum Gasteiger partial charge on any atom is 0.0192 e. The zero-order chi connectivity index (χ0) is 13.7. The van der Waals surface area contributed by atoms with E-state index in [1.165, 1.54) is 24.2 Å². The largest absolute Gasteiger partial charge is 0.313 e. The second-order valence-corrected chi connectivity index (χ2v) is 7.10. The standard InChI is InChI=1S/C17H27NS/c1-4-13(3)19-12-17(18-5-2)16-11-15(16)14-9-7-6-8-10-14/h6-10,13,15-18H,4-5,11-12H2,1-3H3. The average Bonchev–Trinajstić information content (AvgIpc) is 3.24. The number of nitrogens with one attached hydrogen (secondary N) is 1. The van der Waals surface area contributed by atoms with Gasteiger partial charge in [0.25, 0.3) is 0 Å². The Bertz CT molecular complexity index is 365. The summed E-state index contributed by atoms with van der Waals surface area (Å²) in [6.07, 6.45) is 2.64. The van der Waals surface area contributed by atoms with Gasteiger partial charge < -0.3 is 5.32 Å². The molecule has 1 fully saturated rings. The second kappa shape index (κ2) is 7.35. The molecule has 1 aromatic carbocycles. The van der Waals surface area contributed by atoms with Gasteiger partial charge in [0, 0.05) is 17.0 Å². The van der Waals surface area contributed by atoms with E-state index in [-0.39, 0.29) is 0 Å². The molecule has 1 aliphatic rings. The van der Waals surface area contributed by atoms with Crippen LogP contribution in [0, 0.1) is 5.92 Å². The highest BCUT2D eigenvalue weighted by atomic mass is 32.2. The Morgan fingerprint density at radius 3 is 2.63 bits per heavy atom. The second-order valence-electron chi connectivity index (χ2n) is 5.63. The molecule has 0 aromatic heterocycles. The fraction of sp³-hybridized carbons (Fsp3) is 0.647. The van der Waals surface area contributed by atoms with Gasteiger partial charge >= 0.3 is 0 Å². The maximum absolute atomic E-state index is 3.70. The molecule has 0 bridgehead atoms. The van der Waals surface area contributed by atoms with E-state index < -0.39 is 0 Å². The minimum absolute atomic E-state index is 0.689. The number of rotatable bonds is 8. The molecule has 0 amide bonds.